The molecule has 12 rings (SSSR count). The highest BCUT2D eigenvalue weighted by molar-refractivity contribution is 6.29. The fourth-order valence-corrected chi connectivity index (χ4v) is 8.70. The number of hydrogen-bond acceptors (Lipinski definition) is 3. The minimum Gasteiger partial charge on any atom is -0.455 e. The molecule has 5 heteroatoms. The monoisotopic (exact) mass is 702 g/mol. The van der Waals surface area contributed by atoms with Crippen LogP contribution < -0.4 is 0 Å². The Kier molecular flexibility index (Phi) is 6.27. The van der Waals surface area contributed by atoms with Gasteiger partial charge in [-0.05, 0) is 53.6 Å². The number of benzene rings is 8. The number of para-hydroxylation sites is 4. The van der Waals surface area contributed by atoms with Crippen LogP contribution in [0, 0.1) is 0 Å². The molecule has 0 unspecified atom stereocenters. The summed E-state index contributed by atoms with van der Waals surface area (Å²) in [5, 5.41) is 7.71. The molecule has 0 radical (unpaired) electrons. The van der Waals surface area contributed by atoms with Gasteiger partial charge in [-0.15, -0.1) is 0 Å². The largest absolute Gasteiger partial charge is 0.455 e. The van der Waals surface area contributed by atoms with E-state index >= 15 is 0 Å². The maximum Gasteiger partial charge on any atom is 0.235 e. The van der Waals surface area contributed by atoms with Gasteiger partial charge in [0.2, 0.25) is 5.95 Å². The molecule has 4 heterocycles. The first-order chi connectivity index (χ1) is 27.3. The number of fused-ring (bicyclic) bond motifs is 12. The number of aromatic nitrogens is 4. The Hall–Kier alpha value is -7.50. The van der Waals surface area contributed by atoms with Crippen LogP contribution in [0.15, 0.2) is 186 Å². The van der Waals surface area contributed by atoms with Gasteiger partial charge in [0.25, 0.3) is 0 Å². The van der Waals surface area contributed by atoms with Gasteiger partial charge in [0.15, 0.2) is 0 Å². The normalized spacial score (nSPS) is 12.0. The molecule has 5 nitrogen and oxygen atoms in total. The minimum atomic E-state index is 0.623. The van der Waals surface area contributed by atoms with E-state index < -0.39 is 0 Å². The Balaban J connectivity index is 1.22. The zero-order valence-electron chi connectivity index (χ0n) is 29.5. The van der Waals surface area contributed by atoms with Crippen molar-refractivity contribution in [2.45, 2.75) is 0 Å². The minimum absolute atomic E-state index is 0.623. The third kappa shape index (κ3) is 4.35. The molecule has 0 saturated heterocycles. The number of rotatable bonds is 4. The summed E-state index contributed by atoms with van der Waals surface area (Å²) in [5.41, 5.74) is 12.3. The van der Waals surface area contributed by atoms with Crippen molar-refractivity contribution in [1.82, 2.24) is 19.1 Å². The van der Waals surface area contributed by atoms with Gasteiger partial charge in [0.1, 0.15) is 11.2 Å². The van der Waals surface area contributed by atoms with E-state index in [1.54, 1.807) is 0 Å². The summed E-state index contributed by atoms with van der Waals surface area (Å²) < 4.78 is 11.4. The first-order valence-corrected chi connectivity index (χ1v) is 18.6. The van der Waals surface area contributed by atoms with Crippen molar-refractivity contribution in [3.05, 3.63) is 182 Å². The van der Waals surface area contributed by atoms with Crippen molar-refractivity contribution in [3.63, 3.8) is 0 Å². The topological polar surface area (TPSA) is 48.8 Å². The lowest BCUT2D eigenvalue weighted by atomic mass is 10.0. The van der Waals surface area contributed by atoms with Crippen molar-refractivity contribution in [3.8, 4) is 34.0 Å². The molecule has 0 N–H and O–H groups in total. The first kappa shape index (κ1) is 30.0. The summed E-state index contributed by atoms with van der Waals surface area (Å²) in [6.45, 7) is 0. The summed E-state index contributed by atoms with van der Waals surface area (Å²) in [7, 11) is 0. The molecule has 0 saturated carbocycles. The Morgan fingerprint density at radius 2 is 1.00 bits per heavy atom. The van der Waals surface area contributed by atoms with Gasteiger partial charge in [-0.2, -0.15) is 0 Å². The van der Waals surface area contributed by atoms with E-state index in [-0.39, 0.29) is 0 Å². The standard InChI is InChI=1S/C50H30N4O/c1-3-13-31(14-4-1)32-23-25-33(26-24-32)46-39-19-7-10-20-41(39)51-50(52-46)54-42-21-11-8-17-35(42)37-27-28-40-45-43(53(48(40)47(37)54)34-15-5-2-6-16-34)30-29-38-36-18-9-12-22-44(36)55-49(38)45/h1-30H. The summed E-state index contributed by atoms with van der Waals surface area (Å²) in [6, 6.07) is 64.0. The zero-order chi connectivity index (χ0) is 36.0. The molecule has 0 atom stereocenters. The molecular formula is C50H30N4O. The second-order valence-electron chi connectivity index (χ2n) is 14.1. The Morgan fingerprint density at radius 1 is 0.382 bits per heavy atom. The van der Waals surface area contributed by atoms with Crippen molar-refractivity contribution >= 4 is 76.5 Å². The molecule has 12 aromatic rings. The molecule has 0 aliphatic carbocycles. The number of furan rings is 1. The molecule has 55 heavy (non-hydrogen) atoms. The fraction of sp³-hybridized carbons (Fsp3) is 0. The highest BCUT2D eigenvalue weighted by Crippen LogP contribution is 2.45. The van der Waals surface area contributed by atoms with Crippen LogP contribution in [-0.2, 0) is 0 Å². The van der Waals surface area contributed by atoms with Crippen LogP contribution in [0.1, 0.15) is 0 Å². The van der Waals surface area contributed by atoms with E-state index in [2.05, 4.69) is 179 Å². The third-order valence-corrected chi connectivity index (χ3v) is 11.1. The third-order valence-electron chi connectivity index (χ3n) is 11.1. The summed E-state index contributed by atoms with van der Waals surface area (Å²) in [5.74, 6) is 0.623. The lowest BCUT2D eigenvalue weighted by Gasteiger charge is -2.14. The van der Waals surface area contributed by atoms with Crippen LogP contribution in [0.2, 0.25) is 0 Å². The van der Waals surface area contributed by atoms with Gasteiger partial charge >= 0.3 is 0 Å². The van der Waals surface area contributed by atoms with E-state index in [1.165, 1.54) is 11.1 Å². The van der Waals surface area contributed by atoms with Gasteiger partial charge < -0.3 is 8.98 Å². The molecular weight excluding hydrogens is 673 g/mol. The smallest absolute Gasteiger partial charge is 0.235 e. The van der Waals surface area contributed by atoms with Crippen molar-refractivity contribution < 1.29 is 4.42 Å². The van der Waals surface area contributed by atoms with Crippen molar-refractivity contribution in [1.29, 1.82) is 0 Å². The second kappa shape index (κ2) is 11.5. The summed E-state index contributed by atoms with van der Waals surface area (Å²) >= 11 is 0. The lowest BCUT2D eigenvalue weighted by Crippen LogP contribution is -2.04. The molecule has 0 fully saturated rings. The van der Waals surface area contributed by atoms with Crippen LogP contribution in [0.5, 0.6) is 0 Å². The molecule has 8 aromatic carbocycles. The first-order valence-electron chi connectivity index (χ1n) is 18.6. The van der Waals surface area contributed by atoms with E-state index in [0.29, 0.717) is 5.95 Å². The molecule has 0 spiro atoms. The van der Waals surface area contributed by atoms with Crippen molar-refractivity contribution in [2.75, 3.05) is 0 Å². The zero-order valence-corrected chi connectivity index (χ0v) is 29.5. The molecule has 0 aliphatic rings. The quantitative estimate of drug-likeness (QED) is 0.183. The van der Waals surface area contributed by atoms with E-state index in [4.69, 9.17) is 14.4 Å². The Morgan fingerprint density at radius 3 is 1.84 bits per heavy atom. The molecule has 0 bridgehead atoms. The molecule has 256 valence electrons. The predicted octanol–water partition coefficient (Wildman–Crippen LogP) is 13.1. The van der Waals surface area contributed by atoms with Crippen LogP contribution >= 0.6 is 0 Å². The van der Waals surface area contributed by atoms with Crippen LogP contribution in [0.3, 0.4) is 0 Å². The van der Waals surface area contributed by atoms with Crippen LogP contribution in [-0.4, -0.2) is 19.1 Å². The lowest BCUT2D eigenvalue weighted by molar-refractivity contribution is 0.673. The highest BCUT2D eigenvalue weighted by Gasteiger charge is 2.25. The highest BCUT2D eigenvalue weighted by atomic mass is 16.3. The van der Waals surface area contributed by atoms with E-state index in [0.717, 1.165) is 93.4 Å². The SMILES string of the molecule is c1ccc(-c2ccc(-c3nc(-n4c5ccccc5c5ccc6c7c8oc9ccccc9c8ccc7n(-c7ccccc7)c6c54)nc4ccccc34)cc2)cc1. The van der Waals surface area contributed by atoms with Crippen molar-refractivity contribution in [2.24, 2.45) is 0 Å². The van der Waals surface area contributed by atoms with Gasteiger partial charge in [-0.25, -0.2) is 9.97 Å². The summed E-state index contributed by atoms with van der Waals surface area (Å²) in [4.78, 5) is 10.8. The number of hydrogen-bond donors (Lipinski definition) is 0. The van der Waals surface area contributed by atoms with E-state index in [1.807, 2.05) is 12.1 Å². The Bertz CT molecular complexity index is 3470. The predicted molar refractivity (Wildman–Crippen MR) is 226 cm³/mol. The van der Waals surface area contributed by atoms with E-state index in [9.17, 15) is 0 Å². The number of nitrogens with zero attached hydrogens (tertiary/aromatic N) is 4. The Labute approximate surface area is 315 Å². The molecule has 4 aromatic heterocycles. The maximum absolute atomic E-state index is 6.71. The average molecular weight is 703 g/mol. The van der Waals surface area contributed by atoms with Crippen LogP contribution in [0.25, 0.3) is 110 Å². The van der Waals surface area contributed by atoms with Gasteiger partial charge in [-0.1, -0.05) is 140 Å². The van der Waals surface area contributed by atoms with Gasteiger partial charge in [0.05, 0.1) is 38.7 Å². The van der Waals surface area contributed by atoms with Gasteiger partial charge in [-0.3, -0.25) is 4.57 Å². The average Bonchev–Trinajstić information content (AvgIpc) is 3.92. The second-order valence-corrected chi connectivity index (χ2v) is 14.1. The van der Waals surface area contributed by atoms with Crippen LogP contribution in [0.4, 0.5) is 0 Å². The summed E-state index contributed by atoms with van der Waals surface area (Å²) in [6.07, 6.45) is 0. The fourth-order valence-electron chi connectivity index (χ4n) is 8.70. The maximum atomic E-state index is 6.71. The molecule has 0 amide bonds. The molecule has 0 aliphatic heterocycles. The van der Waals surface area contributed by atoms with Gasteiger partial charge in [0, 0.05) is 43.6 Å².